The number of benzene rings is 1. The fourth-order valence-corrected chi connectivity index (χ4v) is 2.05. The Bertz CT molecular complexity index is 548. The van der Waals surface area contributed by atoms with Crippen molar-refractivity contribution < 1.29 is 19.5 Å². The summed E-state index contributed by atoms with van der Waals surface area (Å²) >= 11 is 0. The topological polar surface area (TPSA) is 122 Å². The third-order valence-corrected chi connectivity index (χ3v) is 3.43. The van der Waals surface area contributed by atoms with Gasteiger partial charge in [0.05, 0.1) is 18.5 Å². The molecule has 1 unspecified atom stereocenters. The molecule has 23 heavy (non-hydrogen) atoms. The molecule has 0 heterocycles. The molecule has 0 radical (unpaired) electrons. The third kappa shape index (κ3) is 6.07. The van der Waals surface area contributed by atoms with Crippen LogP contribution in [0.2, 0.25) is 0 Å². The van der Waals surface area contributed by atoms with Gasteiger partial charge in [0.25, 0.3) is 0 Å². The molecule has 0 aliphatic heterocycles. The van der Waals surface area contributed by atoms with E-state index >= 15 is 0 Å². The van der Waals surface area contributed by atoms with Crippen molar-refractivity contribution in [2.45, 2.75) is 44.8 Å². The van der Waals surface area contributed by atoms with Crippen LogP contribution in [0.4, 0.5) is 0 Å². The molecule has 0 aliphatic rings. The first-order chi connectivity index (χ1) is 10.8. The molecule has 7 nitrogen and oxygen atoms in total. The highest BCUT2D eigenvalue weighted by Gasteiger charge is 2.24. The molecule has 1 aromatic carbocycles. The van der Waals surface area contributed by atoms with Crippen LogP contribution in [0.3, 0.4) is 0 Å². The zero-order valence-corrected chi connectivity index (χ0v) is 13.3. The number of hydrogen-bond acceptors (Lipinski definition) is 4. The molecule has 0 fully saturated rings. The van der Waals surface area contributed by atoms with E-state index in [1.165, 1.54) is 0 Å². The summed E-state index contributed by atoms with van der Waals surface area (Å²) in [5.41, 5.74) is 6.44. The van der Waals surface area contributed by atoms with Crippen LogP contribution in [0.1, 0.15) is 38.3 Å². The van der Waals surface area contributed by atoms with Crippen molar-refractivity contribution in [1.82, 2.24) is 10.6 Å². The van der Waals surface area contributed by atoms with Gasteiger partial charge in [-0.05, 0) is 18.9 Å². The molecule has 3 atom stereocenters. The number of carbonyl (C=O) groups is 3. The van der Waals surface area contributed by atoms with Crippen molar-refractivity contribution in [1.29, 1.82) is 0 Å². The number of carboxylic acid groups (broad SMARTS) is 1. The van der Waals surface area contributed by atoms with Gasteiger partial charge < -0.3 is 21.5 Å². The van der Waals surface area contributed by atoms with Gasteiger partial charge >= 0.3 is 5.97 Å². The van der Waals surface area contributed by atoms with Crippen LogP contribution in [-0.4, -0.2) is 35.0 Å². The molecule has 2 amide bonds. The molecule has 7 heteroatoms. The van der Waals surface area contributed by atoms with E-state index in [0.29, 0.717) is 6.42 Å². The van der Waals surface area contributed by atoms with E-state index in [9.17, 15) is 14.4 Å². The summed E-state index contributed by atoms with van der Waals surface area (Å²) in [6.45, 7) is 3.60. The summed E-state index contributed by atoms with van der Waals surface area (Å²) in [4.78, 5) is 34.7. The van der Waals surface area contributed by atoms with E-state index in [0.717, 1.165) is 5.56 Å². The molecule has 0 saturated carbocycles. The lowest BCUT2D eigenvalue weighted by atomic mass is 10.1. The average molecular weight is 321 g/mol. The van der Waals surface area contributed by atoms with Gasteiger partial charge in [-0.15, -0.1) is 0 Å². The van der Waals surface area contributed by atoms with Gasteiger partial charge in [0.1, 0.15) is 6.04 Å². The van der Waals surface area contributed by atoms with Crippen molar-refractivity contribution in [3.8, 4) is 0 Å². The van der Waals surface area contributed by atoms with Gasteiger partial charge in [-0.1, -0.05) is 37.3 Å². The molecular weight excluding hydrogens is 298 g/mol. The lowest BCUT2D eigenvalue weighted by Crippen LogP contribution is -2.52. The number of nitrogens with two attached hydrogens (primary N) is 1. The lowest BCUT2D eigenvalue weighted by molar-refractivity contribution is -0.139. The van der Waals surface area contributed by atoms with Gasteiger partial charge in [0.2, 0.25) is 11.8 Å². The van der Waals surface area contributed by atoms with Gasteiger partial charge in [-0.3, -0.25) is 14.4 Å². The van der Waals surface area contributed by atoms with Crippen molar-refractivity contribution >= 4 is 17.8 Å². The molecule has 1 rings (SSSR count). The monoisotopic (exact) mass is 321 g/mol. The van der Waals surface area contributed by atoms with Crippen LogP contribution < -0.4 is 16.4 Å². The molecule has 0 aliphatic carbocycles. The van der Waals surface area contributed by atoms with E-state index in [1.54, 1.807) is 6.92 Å². The molecule has 0 bridgehead atoms. The number of nitrogens with one attached hydrogen (secondary N) is 2. The fourth-order valence-electron chi connectivity index (χ4n) is 2.05. The Kier molecular flexibility index (Phi) is 7.21. The normalized spacial score (nSPS) is 14.4. The van der Waals surface area contributed by atoms with Crippen LogP contribution in [0.5, 0.6) is 0 Å². The Balaban J connectivity index is 2.61. The number of rotatable bonds is 8. The first-order valence-electron chi connectivity index (χ1n) is 7.48. The molecular formula is C16H23N3O4. The Morgan fingerprint density at radius 1 is 1.13 bits per heavy atom. The maximum atomic E-state index is 12.3. The first kappa shape index (κ1) is 18.6. The van der Waals surface area contributed by atoms with Gasteiger partial charge in [-0.25, -0.2) is 0 Å². The SMILES string of the molecule is CC[C@H](NC(=O)[C@@H](N)CC(=O)O)C(=O)NC(C)c1ccccc1. The highest BCUT2D eigenvalue weighted by molar-refractivity contribution is 5.91. The highest BCUT2D eigenvalue weighted by Crippen LogP contribution is 2.11. The van der Waals surface area contributed by atoms with Crippen LogP contribution in [0, 0.1) is 0 Å². The minimum atomic E-state index is -1.18. The zero-order valence-electron chi connectivity index (χ0n) is 13.3. The van der Waals surface area contributed by atoms with E-state index in [4.69, 9.17) is 10.8 Å². The first-order valence-corrected chi connectivity index (χ1v) is 7.48. The van der Waals surface area contributed by atoms with Crippen LogP contribution in [0.25, 0.3) is 0 Å². The fraction of sp³-hybridized carbons (Fsp3) is 0.438. The van der Waals surface area contributed by atoms with Crippen molar-refractivity contribution in [3.63, 3.8) is 0 Å². The summed E-state index contributed by atoms with van der Waals surface area (Å²) in [6, 6.07) is 7.29. The summed E-state index contributed by atoms with van der Waals surface area (Å²) < 4.78 is 0. The van der Waals surface area contributed by atoms with Gasteiger partial charge in [0.15, 0.2) is 0 Å². The van der Waals surface area contributed by atoms with E-state index < -0.39 is 30.4 Å². The molecule has 5 N–H and O–H groups in total. The number of hydrogen-bond donors (Lipinski definition) is 4. The predicted molar refractivity (Wildman–Crippen MR) is 85.4 cm³/mol. The average Bonchev–Trinajstić information content (AvgIpc) is 2.52. The second kappa shape index (κ2) is 8.89. The summed E-state index contributed by atoms with van der Waals surface area (Å²) in [7, 11) is 0. The Morgan fingerprint density at radius 2 is 1.74 bits per heavy atom. The summed E-state index contributed by atoms with van der Waals surface area (Å²) in [5, 5.41) is 13.9. The summed E-state index contributed by atoms with van der Waals surface area (Å²) in [5.74, 6) is -2.15. The largest absolute Gasteiger partial charge is 0.481 e. The zero-order chi connectivity index (χ0) is 17.4. The van der Waals surface area contributed by atoms with Crippen LogP contribution in [0.15, 0.2) is 30.3 Å². The van der Waals surface area contributed by atoms with Crippen LogP contribution >= 0.6 is 0 Å². The molecule has 0 saturated heterocycles. The number of amides is 2. The molecule has 0 aromatic heterocycles. The lowest BCUT2D eigenvalue weighted by Gasteiger charge is -2.21. The van der Waals surface area contributed by atoms with Crippen molar-refractivity contribution in [2.24, 2.45) is 5.73 Å². The Labute approximate surface area is 135 Å². The summed E-state index contributed by atoms with van der Waals surface area (Å²) in [6.07, 6.45) is -0.108. The maximum Gasteiger partial charge on any atom is 0.305 e. The number of carbonyl (C=O) groups excluding carboxylic acids is 2. The molecule has 126 valence electrons. The maximum absolute atomic E-state index is 12.3. The third-order valence-electron chi connectivity index (χ3n) is 3.43. The quantitative estimate of drug-likeness (QED) is 0.557. The van der Waals surface area contributed by atoms with Crippen molar-refractivity contribution in [3.05, 3.63) is 35.9 Å². The standard InChI is InChI=1S/C16H23N3O4/c1-3-13(19-15(22)12(17)9-14(20)21)16(23)18-10(2)11-7-5-4-6-8-11/h4-8,10,12-13H,3,9,17H2,1-2H3,(H,18,23)(H,19,22)(H,20,21)/t10?,12-,13-/m0/s1. The minimum Gasteiger partial charge on any atom is -0.481 e. The van der Waals surface area contributed by atoms with Crippen LogP contribution in [-0.2, 0) is 14.4 Å². The Hall–Kier alpha value is -2.41. The van der Waals surface area contributed by atoms with Gasteiger partial charge in [-0.2, -0.15) is 0 Å². The highest BCUT2D eigenvalue weighted by atomic mass is 16.4. The second-order valence-corrected chi connectivity index (χ2v) is 5.31. The molecule has 0 spiro atoms. The smallest absolute Gasteiger partial charge is 0.305 e. The van der Waals surface area contributed by atoms with Gasteiger partial charge in [0, 0.05) is 0 Å². The van der Waals surface area contributed by atoms with E-state index in [1.807, 2.05) is 37.3 Å². The second-order valence-electron chi connectivity index (χ2n) is 5.31. The number of aliphatic carboxylic acids is 1. The van der Waals surface area contributed by atoms with E-state index in [-0.39, 0.29) is 11.9 Å². The molecule has 1 aromatic rings. The van der Waals surface area contributed by atoms with Crippen molar-refractivity contribution in [2.75, 3.05) is 0 Å². The minimum absolute atomic E-state index is 0.206. The number of carboxylic acids is 1. The van der Waals surface area contributed by atoms with E-state index in [2.05, 4.69) is 10.6 Å². The predicted octanol–water partition coefficient (Wildman–Crippen LogP) is 0.561. The Morgan fingerprint density at radius 3 is 2.26 bits per heavy atom.